The summed E-state index contributed by atoms with van der Waals surface area (Å²) in [6.07, 6.45) is 4.88. The number of nitrogens with one attached hydrogen (secondary N) is 2. The highest BCUT2D eigenvalue weighted by atomic mass is 16.5. The Labute approximate surface area is 181 Å². The first kappa shape index (κ1) is 22.5. The third kappa shape index (κ3) is 5.94. The molecule has 168 valence electrons. The molecule has 0 spiro atoms. The molecule has 3 rings (SSSR count). The van der Waals surface area contributed by atoms with Gasteiger partial charge >= 0.3 is 0 Å². The number of guanidine groups is 1. The summed E-state index contributed by atoms with van der Waals surface area (Å²) in [5.74, 6) is 2.58. The van der Waals surface area contributed by atoms with Crippen LogP contribution in [0.1, 0.15) is 39.5 Å². The second-order valence-electron chi connectivity index (χ2n) is 8.17. The first-order valence-electron chi connectivity index (χ1n) is 11.4. The zero-order valence-corrected chi connectivity index (χ0v) is 19.1. The number of anilines is 1. The van der Waals surface area contributed by atoms with Gasteiger partial charge in [0, 0.05) is 55.6 Å². The third-order valence-corrected chi connectivity index (χ3v) is 6.16. The Hall–Kier alpha value is -2.15. The molecule has 0 radical (unpaired) electrons. The molecule has 7 nitrogen and oxygen atoms in total. The van der Waals surface area contributed by atoms with Gasteiger partial charge in [0.05, 0.1) is 20.8 Å². The molecule has 2 unspecified atom stereocenters. The first-order chi connectivity index (χ1) is 14.7. The molecule has 0 saturated carbocycles. The van der Waals surface area contributed by atoms with Crippen molar-refractivity contribution in [3.05, 3.63) is 18.2 Å². The highest BCUT2D eigenvalue weighted by Gasteiger charge is 2.25. The van der Waals surface area contributed by atoms with E-state index in [2.05, 4.69) is 46.4 Å². The van der Waals surface area contributed by atoms with Crippen LogP contribution in [0.2, 0.25) is 0 Å². The van der Waals surface area contributed by atoms with Crippen molar-refractivity contribution in [1.29, 1.82) is 0 Å². The van der Waals surface area contributed by atoms with E-state index < -0.39 is 0 Å². The van der Waals surface area contributed by atoms with E-state index in [1.54, 1.807) is 14.2 Å². The average Bonchev–Trinajstić information content (AvgIpc) is 3.46. The smallest absolute Gasteiger partial charge is 0.191 e. The van der Waals surface area contributed by atoms with Gasteiger partial charge in [-0.1, -0.05) is 6.92 Å². The van der Waals surface area contributed by atoms with Gasteiger partial charge in [-0.3, -0.25) is 9.89 Å². The van der Waals surface area contributed by atoms with E-state index in [9.17, 15) is 0 Å². The van der Waals surface area contributed by atoms with E-state index in [-0.39, 0.29) is 0 Å². The second-order valence-corrected chi connectivity index (χ2v) is 8.17. The second kappa shape index (κ2) is 11.3. The number of ether oxygens (including phenoxy) is 2. The first-order valence-corrected chi connectivity index (χ1v) is 11.4. The van der Waals surface area contributed by atoms with E-state index >= 15 is 0 Å². The number of hydrogen-bond acceptors (Lipinski definition) is 5. The molecule has 2 N–H and O–H groups in total. The van der Waals surface area contributed by atoms with Crippen LogP contribution in [0.3, 0.4) is 0 Å². The molecule has 2 fully saturated rings. The van der Waals surface area contributed by atoms with Gasteiger partial charge in [-0.15, -0.1) is 0 Å². The Balaban J connectivity index is 1.60. The van der Waals surface area contributed by atoms with Crippen molar-refractivity contribution < 1.29 is 9.47 Å². The summed E-state index contributed by atoms with van der Waals surface area (Å²) in [5, 5.41) is 7.09. The van der Waals surface area contributed by atoms with Crippen LogP contribution >= 0.6 is 0 Å². The van der Waals surface area contributed by atoms with Crippen LogP contribution in [0.5, 0.6) is 11.5 Å². The van der Waals surface area contributed by atoms with Gasteiger partial charge < -0.3 is 25.0 Å². The van der Waals surface area contributed by atoms with Crippen molar-refractivity contribution in [2.75, 3.05) is 58.4 Å². The molecule has 2 heterocycles. The van der Waals surface area contributed by atoms with Crippen molar-refractivity contribution in [3.8, 4) is 11.5 Å². The maximum absolute atomic E-state index is 5.43. The quantitative estimate of drug-likeness (QED) is 0.476. The van der Waals surface area contributed by atoms with Crippen LogP contribution in [-0.2, 0) is 0 Å². The lowest BCUT2D eigenvalue weighted by Gasteiger charge is -2.25. The maximum Gasteiger partial charge on any atom is 0.191 e. The fraction of sp³-hybridized carbons (Fsp3) is 0.696. The fourth-order valence-corrected chi connectivity index (χ4v) is 4.41. The number of methoxy groups -OCH3 is 2. The molecule has 0 bridgehead atoms. The predicted octanol–water partition coefficient (Wildman–Crippen LogP) is 2.71. The number of benzene rings is 1. The van der Waals surface area contributed by atoms with Crippen LogP contribution in [0.15, 0.2) is 23.2 Å². The van der Waals surface area contributed by atoms with Crippen molar-refractivity contribution in [2.24, 2.45) is 4.99 Å². The highest BCUT2D eigenvalue weighted by Crippen LogP contribution is 2.30. The lowest BCUT2D eigenvalue weighted by molar-refractivity contribution is 0.242. The summed E-state index contributed by atoms with van der Waals surface area (Å²) in [5.41, 5.74) is 1.14. The molecule has 0 aliphatic carbocycles. The van der Waals surface area contributed by atoms with E-state index in [0.29, 0.717) is 12.1 Å². The van der Waals surface area contributed by atoms with Crippen LogP contribution in [0.25, 0.3) is 0 Å². The average molecular weight is 418 g/mol. The molecule has 2 aliphatic heterocycles. The zero-order chi connectivity index (χ0) is 21.3. The van der Waals surface area contributed by atoms with Gasteiger partial charge in [0.2, 0.25) is 0 Å². The number of hydrogen-bond donors (Lipinski definition) is 2. The number of aliphatic imine (C=N–C) groups is 1. The summed E-state index contributed by atoms with van der Waals surface area (Å²) >= 11 is 0. The lowest BCUT2D eigenvalue weighted by atomic mass is 10.2. The molecule has 2 saturated heterocycles. The molecule has 0 aromatic heterocycles. The molecule has 7 heteroatoms. The van der Waals surface area contributed by atoms with E-state index in [1.165, 1.54) is 25.9 Å². The van der Waals surface area contributed by atoms with Crippen molar-refractivity contribution in [3.63, 3.8) is 0 Å². The number of likely N-dealkylation sites (tertiary alicyclic amines) is 1. The monoisotopic (exact) mass is 417 g/mol. The van der Waals surface area contributed by atoms with E-state index in [0.717, 1.165) is 62.2 Å². The van der Waals surface area contributed by atoms with Crippen molar-refractivity contribution in [1.82, 2.24) is 15.5 Å². The van der Waals surface area contributed by atoms with Gasteiger partial charge in [-0.05, 0) is 45.7 Å². The van der Waals surface area contributed by atoms with Crippen molar-refractivity contribution >= 4 is 11.6 Å². The topological polar surface area (TPSA) is 61.4 Å². The van der Waals surface area contributed by atoms with E-state index in [1.807, 2.05) is 6.07 Å². The highest BCUT2D eigenvalue weighted by molar-refractivity contribution is 5.80. The van der Waals surface area contributed by atoms with Gasteiger partial charge in [0.1, 0.15) is 11.5 Å². The maximum atomic E-state index is 5.43. The summed E-state index contributed by atoms with van der Waals surface area (Å²) < 4.78 is 10.9. The molecular formula is C23H39N5O2. The zero-order valence-electron chi connectivity index (χ0n) is 19.1. The molecule has 2 atom stereocenters. The Morgan fingerprint density at radius 2 is 1.80 bits per heavy atom. The SMILES string of the molecule is CCNC(=NCC(CC)N1CCCC1)NC1CCN(c2cc(OC)cc(OC)c2)C1. The minimum Gasteiger partial charge on any atom is -0.497 e. The van der Waals surface area contributed by atoms with E-state index in [4.69, 9.17) is 14.5 Å². The minimum atomic E-state index is 0.367. The van der Waals surface area contributed by atoms with Crippen LogP contribution in [-0.4, -0.2) is 76.4 Å². The lowest BCUT2D eigenvalue weighted by Crippen LogP contribution is -2.45. The molecule has 0 amide bonds. The summed E-state index contributed by atoms with van der Waals surface area (Å²) in [6.45, 7) is 10.5. The summed E-state index contributed by atoms with van der Waals surface area (Å²) in [6, 6.07) is 6.98. The largest absolute Gasteiger partial charge is 0.497 e. The molecule has 30 heavy (non-hydrogen) atoms. The van der Waals surface area contributed by atoms with Crippen molar-refractivity contribution in [2.45, 2.75) is 51.6 Å². The van der Waals surface area contributed by atoms with Crippen LogP contribution < -0.4 is 25.0 Å². The summed E-state index contributed by atoms with van der Waals surface area (Å²) in [4.78, 5) is 9.92. The Morgan fingerprint density at radius 1 is 1.10 bits per heavy atom. The molecule has 1 aromatic carbocycles. The number of nitrogens with zero attached hydrogens (tertiary/aromatic N) is 3. The van der Waals surface area contributed by atoms with Gasteiger partial charge in [-0.2, -0.15) is 0 Å². The van der Waals surface area contributed by atoms with Crippen LogP contribution in [0, 0.1) is 0 Å². The van der Waals surface area contributed by atoms with Gasteiger partial charge in [0.25, 0.3) is 0 Å². The van der Waals surface area contributed by atoms with Gasteiger partial charge in [0.15, 0.2) is 5.96 Å². The predicted molar refractivity (Wildman–Crippen MR) is 124 cm³/mol. The molecular weight excluding hydrogens is 378 g/mol. The normalized spacial score (nSPS) is 21.0. The third-order valence-electron chi connectivity index (χ3n) is 6.16. The Bertz CT molecular complexity index is 668. The molecule has 1 aromatic rings. The standard InChI is InChI=1S/C23H39N5O2/c1-5-19(27-10-7-8-11-27)16-25-23(24-6-2)26-18-9-12-28(17-18)20-13-21(29-3)15-22(14-20)30-4/h13-15,18-19H,5-12,16-17H2,1-4H3,(H2,24,25,26). The summed E-state index contributed by atoms with van der Waals surface area (Å²) in [7, 11) is 3.38. The minimum absolute atomic E-state index is 0.367. The van der Waals surface area contributed by atoms with Gasteiger partial charge in [-0.25, -0.2) is 0 Å². The Kier molecular flexibility index (Phi) is 8.49. The molecule has 2 aliphatic rings. The van der Waals surface area contributed by atoms with Crippen LogP contribution in [0.4, 0.5) is 5.69 Å². The Morgan fingerprint density at radius 3 is 2.40 bits per heavy atom. The fourth-order valence-electron chi connectivity index (χ4n) is 4.41. The number of rotatable bonds is 9.